The molecule has 6 amide bonds. The molecule has 3 aromatic heterocycles. The molecule has 9 aromatic rings. The zero-order chi connectivity index (χ0) is 69.8. The van der Waals surface area contributed by atoms with Gasteiger partial charge in [0.1, 0.15) is 29.1 Å². The number of amidine groups is 3. The van der Waals surface area contributed by atoms with Gasteiger partial charge < -0.3 is 57.4 Å². The molecule has 30 heteroatoms. The van der Waals surface area contributed by atoms with Crippen LogP contribution in [-0.2, 0) is 4.74 Å². The summed E-state index contributed by atoms with van der Waals surface area (Å²) >= 11 is 37.6. The quantitative estimate of drug-likeness (QED) is 0.0197. The molecule has 6 aromatic carbocycles. The summed E-state index contributed by atoms with van der Waals surface area (Å²) in [6, 6.07) is 43.0. The van der Waals surface area contributed by atoms with Crippen molar-refractivity contribution in [2.24, 2.45) is 10.9 Å². The van der Waals surface area contributed by atoms with Gasteiger partial charge in [-0.1, -0.05) is 133 Å². The number of rotatable bonds is 15. The van der Waals surface area contributed by atoms with Gasteiger partial charge in [0, 0.05) is 105 Å². The predicted octanol–water partition coefficient (Wildman–Crippen LogP) is 15.7. The average Bonchev–Trinajstić information content (AvgIpc) is 0.838. The number of amides is 6. The second kappa shape index (κ2) is 38.4. The molecule has 0 saturated carbocycles. The van der Waals surface area contributed by atoms with Crippen molar-refractivity contribution in [1.29, 1.82) is 10.8 Å². The Labute approximate surface area is 617 Å². The van der Waals surface area contributed by atoms with Crippen molar-refractivity contribution in [2.45, 2.75) is 22.3 Å². The summed E-state index contributed by atoms with van der Waals surface area (Å²) in [4.78, 5) is 92.8. The fourth-order valence-corrected chi connectivity index (χ4v) is 11.0. The Balaban J connectivity index is 0.000000235. The average molecular weight is 1510 g/mol. The van der Waals surface area contributed by atoms with Gasteiger partial charge in [-0.05, 0) is 127 Å². The van der Waals surface area contributed by atoms with E-state index in [0.29, 0.717) is 125 Å². The Hall–Kier alpha value is -10.2. The van der Waals surface area contributed by atoms with Crippen LogP contribution >= 0.6 is 81.4 Å². The van der Waals surface area contributed by atoms with Crippen LogP contribution in [0.4, 0.5) is 34.5 Å². The maximum atomic E-state index is 12.9. The van der Waals surface area contributed by atoms with E-state index in [1.54, 1.807) is 115 Å². The minimum Gasteiger partial charge on any atom is -0.409 e. The minimum absolute atomic E-state index is 0. The van der Waals surface area contributed by atoms with Gasteiger partial charge in [0.25, 0.3) is 35.4 Å². The van der Waals surface area contributed by atoms with Crippen LogP contribution in [0, 0.1) is 10.8 Å². The van der Waals surface area contributed by atoms with E-state index < -0.39 is 29.5 Å². The first-order valence-electron chi connectivity index (χ1n) is 29.4. The summed E-state index contributed by atoms with van der Waals surface area (Å²) in [5.74, 6) is 1.00. The molecule has 11 N–H and O–H groups in total. The van der Waals surface area contributed by atoms with Crippen molar-refractivity contribution in [2.75, 3.05) is 82.8 Å². The maximum Gasteiger partial charge on any atom is 0.258 e. The first-order valence-corrected chi connectivity index (χ1v) is 32.8. The molecule has 23 nitrogen and oxygen atoms in total. The van der Waals surface area contributed by atoms with Gasteiger partial charge in [-0.25, -0.2) is 15.0 Å². The number of benzene rings is 6. The van der Waals surface area contributed by atoms with Crippen molar-refractivity contribution >= 4 is 169 Å². The molecular formula is C71H69Cl6N15O8S. The molecule has 0 aliphatic carbocycles. The monoisotopic (exact) mass is 1500 g/mol. The molecule has 2 fully saturated rings. The second-order valence-corrected chi connectivity index (χ2v) is 24.8. The van der Waals surface area contributed by atoms with E-state index in [2.05, 4.69) is 52.0 Å². The SMILES string of the molecule is C.C.C.N=C(c1ccc(C(=O)Nc2ccc(Cl)cc2C(=O)Nc2ccc(Cl)cn2)cc1)N1CCOCC1.N=C(c1ccc(C(=O)Nc2ccc(Cl)cc2C(=O)Nc2ccc(Cl)cn2)cc1)N1CCSCC1.NC(=NO)c1ccc(C(=O)Nc2ccc(Cl)cc2C(=O)Nc2ccc(Cl)cn2)cc1. The van der Waals surface area contributed by atoms with E-state index in [1.807, 2.05) is 21.6 Å². The van der Waals surface area contributed by atoms with E-state index in [1.165, 1.54) is 67.1 Å². The van der Waals surface area contributed by atoms with Gasteiger partial charge in [-0.2, -0.15) is 11.8 Å². The topological polar surface area (TPSA) is 335 Å². The highest BCUT2D eigenvalue weighted by Gasteiger charge is 2.22. The number of morpholine rings is 1. The number of nitrogens with zero attached hydrogens (tertiary/aromatic N) is 6. The molecule has 0 spiro atoms. The van der Waals surface area contributed by atoms with Crippen molar-refractivity contribution in [3.8, 4) is 0 Å². The highest BCUT2D eigenvalue weighted by Crippen LogP contribution is 2.28. The van der Waals surface area contributed by atoms with E-state index in [9.17, 15) is 28.8 Å². The first-order chi connectivity index (χ1) is 47.2. The van der Waals surface area contributed by atoms with Gasteiger partial charge in [0.15, 0.2) is 5.84 Å². The van der Waals surface area contributed by atoms with E-state index in [-0.39, 0.29) is 56.4 Å². The standard InChI is InChI=1S/C24H21Cl2N5O3.C24H21Cl2N5O2S.C20H15Cl2N5O3.3CH4/c2*25-17-5-7-20(19(13-17)24(33)30-21-8-6-18(26)14-28-21)29-23(32)16-3-1-15(2-4-16)22(27)31-9-11-34-12-10-31;21-13-5-7-16(15(9-13)20(29)26-17-8-6-14(22)10-24-17)25-19(28)12-3-1-11(2-4-12)18(23)27-30;;;/h2*1-8,13-14,27H,9-12H2,(H,29,32)(H,28,30,33);1-10,30H,(H2,23,27)(H,25,28)(H,24,26,29);3*1H4. The van der Waals surface area contributed by atoms with Crippen LogP contribution in [0.25, 0.3) is 0 Å². The molecule has 5 heterocycles. The number of carbonyl (C=O) groups excluding carboxylic acids is 6. The Morgan fingerprint density at radius 3 is 0.990 bits per heavy atom. The van der Waals surface area contributed by atoms with Crippen LogP contribution < -0.4 is 37.6 Å². The van der Waals surface area contributed by atoms with Crippen LogP contribution in [0.3, 0.4) is 0 Å². The van der Waals surface area contributed by atoms with Gasteiger partial charge >= 0.3 is 0 Å². The van der Waals surface area contributed by atoms with E-state index in [4.69, 9.17) is 96.1 Å². The number of carbonyl (C=O) groups is 6. The maximum absolute atomic E-state index is 12.9. The summed E-state index contributed by atoms with van der Waals surface area (Å²) in [5.41, 5.74) is 9.94. The summed E-state index contributed by atoms with van der Waals surface area (Å²) in [6.45, 7) is 4.20. The summed E-state index contributed by atoms with van der Waals surface area (Å²) in [7, 11) is 0. The number of oxime groups is 1. The highest BCUT2D eigenvalue weighted by atomic mass is 35.5. The van der Waals surface area contributed by atoms with Crippen molar-refractivity contribution in [3.63, 3.8) is 0 Å². The number of anilines is 6. The molecule has 0 atom stereocenters. The molecular weight excluding hydrogens is 1440 g/mol. The van der Waals surface area contributed by atoms with Crippen LogP contribution in [0.2, 0.25) is 30.1 Å². The lowest BCUT2D eigenvalue weighted by Gasteiger charge is -2.29. The van der Waals surface area contributed by atoms with Crippen molar-refractivity contribution < 1.29 is 38.7 Å². The fraction of sp³-hybridized carbons (Fsp3) is 0.155. The van der Waals surface area contributed by atoms with Crippen LogP contribution in [-0.4, -0.2) is 134 Å². The van der Waals surface area contributed by atoms with Crippen LogP contribution in [0.5, 0.6) is 0 Å². The second-order valence-electron chi connectivity index (χ2n) is 21.0. The van der Waals surface area contributed by atoms with Crippen molar-refractivity contribution in [1.82, 2.24) is 24.8 Å². The number of hydrogen-bond acceptors (Lipinski definition) is 15. The fourth-order valence-electron chi connectivity index (χ4n) is 9.27. The molecule has 101 heavy (non-hydrogen) atoms. The molecule has 2 saturated heterocycles. The lowest BCUT2D eigenvalue weighted by Crippen LogP contribution is -2.40. The third-order valence-electron chi connectivity index (χ3n) is 14.4. The van der Waals surface area contributed by atoms with E-state index in [0.717, 1.165) is 30.2 Å². The highest BCUT2D eigenvalue weighted by molar-refractivity contribution is 7.99. The number of aromatic nitrogens is 3. The number of hydrogen-bond donors (Lipinski definition) is 10. The molecule has 2 aliphatic heterocycles. The van der Waals surface area contributed by atoms with E-state index >= 15 is 0 Å². The van der Waals surface area contributed by atoms with Gasteiger partial charge in [-0.3, -0.25) is 39.6 Å². The molecule has 11 rings (SSSR count). The van der Waals surface area contributed by atoms with Gasteiger partial charge in [0.05, 0.1) is 62.0 Å². The largest absolute Gasteiger partial charge is 0.409 e. The number of nitrogens with one attached hydrogen (secondary N) is 8. The van der Waals surface area contributed by atoms with Gasteiger partial charge in [-0.15, -0.1) is 0 Å². The lowest BCUT2D eigenvalue weighted by molar-refractivity contribution is 0.0680. The lowest BCUT2D eigenvalue weighted by atomic mass is 10.1. The minimum atomic E-state index is -0.509. The predicted molar refractivity (Wildman–Crippen MR) is 407 cm³/mol. The number of pyridine rings is 3. The number of nitrogens with two attached hydrogens (primary N) is 1. The Morgan fingerprint density at radius 1 is 0.406 bits per heavy atom. The van der Waals surface area contributed by atoms with Crippen LogP contribution in [0.15, 0.2) is 188 Å². The third-order valence-corrected chi connectivity index (χ3v) is 16.7. The third kappa shape index (κ3) is 22.7. The Morgan fingerprint density at radius 2 is 0.693 bits per heavy atom. The Kier molecular flexibility index (Phi) is 30.4. The van der Waals surface area contributed by atoms with Gasteiger partial charge in [0.2, 0.25) is 0 Å². The summed E-state index contributed by atoms with van der Waals surface area (Å²) in [5, 5.41) is 46.9. The Bertz CT molecular complexity index is 4250. The number of thioether (sulfide) groups is 1. The van der Waals surface area contributed by atoms with Crippen LogP contribution in [0.1, 0.15) is 101 Å². The zero-order valence-electron chi connectivity index (χ0n) is 51.2. The zero-order valence-corrected chi connectivity index (χ0v) is 56.6. The van der Waals surface area contributed by atoms with Crippen molar-refractivity contribution in [3.05, 3.63) is 263 Å². The molecule has 2 aliphatic rings. The first kappa shape index (κ1) is 79.8. The normalized spacial score (nSPS) is 12.2. The number of halogens is 6. The molecule has 524 valence electrons. The molecule has 0 radical (unpaired) electrons. The smallest absolute Gasteiger partial charge is 0.258 e. The number of ether oxygens (including phenoxy) is 1. The summed E-state index contributed by atoms with van der Waals surface area (Å²) in [6.07, 6.45) is 4.24. The molecule has 0 bridgehead atoms. The molecule has 0 unspecified atom stereocenters. The summed E-state index contributed by atoms with van der Waals surface area (Å²) < 4.78 is 5.33.